The molecular weight excluding hydrogens is 319 g/mol. The zero-order valence-electron chi connectivity index (χ0n) is 11.6. The molecule has 1 unspecified atom stereocenters. The molecule has 1 atom stereocenters. The first kappa shape index (κ1) is 15.0. The van der Waals surface area contributed by atoms with Gasteiger partial charge in [-0.15, -0.1) is 0 Å². The van der Waals surface area contributed by atoms with Crippen LogP contribution in [0.1, 0.15) is 17.2 Å². The fraction of sp³-hybridized carbons (Fsp3) is 0.250. The maximum Gasteiger partial charge on any atom is 0.137 e. The van der Waals surface area contributed by atoms with Gasteiger partial charge >= 0.3 is 0 Å². The first-order valence-electron chi connectivity index (χ1n) is 6.45. The van der Waals surface area contributed by atoms with E-state index in [4.69, 9.17) is 5.73 Å². The van der Waals surface area contributed by atoms with Gasteiger partial charge in [0.2, 0.25) is 0 Å². The molecule has 2 rings (SSSR count). The van der Waals surface area contributed by atoms with Gasteiger partial charge in [-0.1, -0.05) is 24.3 Å². The van der Waals surface area contributed by atoms with E-state index in [1.54, 1.807) is 6.07 Å². The van der Waals surface area contributed by atoms with Crippen LogP contribution in [0.4, 0.5) is 10.1 Å². The highest BCUT2D eigenvalue weighted by Gasteiger charge is 2.11. The van der Waals surface area contributed by atoms with Gasteiger partial charge in [0, 0.05) is 25.8 Å². The van der Waals surface area contributed by atoms with Gasteiger partial charge in [-0.05, 0) is 51.7 Å². The van der Waals surface area contributed by atoms with E-state index in [1.165, 1.54) is 6.07 Å². The van der Waals surface area contributed by atoms with Gasteiger partial charge in [-0.3, -0.25) is 0 Å². The fourth-order valence-electron chi connectivity index (χ4n) is 2.08. The summed E-state index contributed by atoms with van der Waals surface area (Å²) in [6.07, 6.45) is 0.597. The third-order valence-electron chi connectivity index (χ3n) is 3.31. The van der Waals surface area contributed by atoms with Crippen LogP contribution in [0.25, 0.3) is 0 Å². The number of benzene rings is 2. The van der Waals surface area contributed by atoms with Crippen LogP contribution in [0.15, 0.2) is 46.9 Å². The van der Waals surface area contributed by atoms with Crippen molar-refractivity contribution in [2.24, 2.45) is 5.73 Å². The molecule has 0 saturated heterocycles. The maximum absolute atomic E-state index is 13.5. The topological polar surface area (TPSA) is 29.3 Å². The van der Waals surface area contributed by atoms with Crippen molar-refractivity contribution in [2.75, 3.05) is 19.0 Å². The fourth-order valence-corrected chi connectivity index (χ4v) is 2.51. The van der Waals surface area contributed by atoms with Crippen LogP contribution in [-0.2, 0) is 6.42 Å². The van der Waals surface area contributed by atoms with Crippen LogP contribution in [0.3, 0.4) is 0 Å². The molecule has 0 heterocycles. The van der Waals surface area contributed by atoms with Crippen LogP contribution in [0.2, 0.25) is 0 Å². The van der Waals surface area contributed by atoms with E-state index in [0.29, 0.717) is 10.9 Å². The normalized spacial score (nSPS) is 12.2. The molecule has 4 heteroatoms. The molecule has 2 aromatic rings. The quantitative estimate of drug-likeness (QED) is 0.917. The molecule has 20 heavy (non-hydrogen) atoms. The van der Waals surface area contributed by atoms with Gasteiger partial charge < -0.3 is 10.6 Å². The molecule has 0 spiro atoms. The number of anilines is 1. The Morgan fingerprint density at radius 1 is 1.15 bits per heavy atom. The van der Waals surface area contributed by atoms with Crippen LogP contribution in [-0.4, -0.2) is 14.1 Å². The monoisotopic (exact) mass is 336 g/mol. The summed E-state index contributed by atoms with van der Waals surface area (Å²) in [6.45, 7) is 0. The summed E-state index contributed by atoms with van der Waals surface area (Å²) in [7, 11) is 4.00. The Hall–Kier alpha value is -1.39. The summed E-state index contributed by atoms with van der Waals surface area (Å²) in [5.74, 6) is -0.252. The number of hydrogen-bond acceptors (Lipinski definition) is 2. The average Bonchev–Trinajstić information content (AvgIpc) is 2.44. The molecule has 0 aliphatic carbocycles. The van der Waals surface area contributed by atoms with Crippen molar-refractivity contribution in [1.29, 1.82) is 0 Å². The Morgan fingerprint density at radius 3 is 2.40 bits per heavy atom. The van der Waals surface area contributed by atoms with E-state index in [1.807, 2.05) is 49.3 Å². The standard InChI is InChI=1S/C16H18BrFN2/c1-20(2)13-8-6-11(7-9-13)15(19)10-12-4-3-5-14(18)16(12)17/h3-9,15H,10,19H2,1-2H3. The van der Waals surface area contributed by atoms with E-state index in [0.717, 1.165) is 16.8 Å². The van der Waals surface area contributed by atoms with Crippen LogP contribution >= 0.6 is 15.9 Å². The summed E-state index contributed by atoms with van der Waals surface area (Å²) in [6, 6.07) is 13.0. The number of nitrogens with zero attached hydrogens (tertiary/aromatic N) is 1. The summed E-state index contributed by atoms with van der Waals surface area (Å²) >= 11 is 3.27. The van der Waals surface area contributed by atoms with E-state index in [9.17, 15) is 4.39 Å². The lowest BCUT2D eigenvalue weighted by molar-refractivity contribution is 0.614. The summed E-state index contributed by atoms with van der Waals surface area (Å²) in [5.41, 5.74) is 9.28. The third-order valence-corrected chi connectivity index (χ3v) is 4.20. The SMILES string of the molecule is CN(C)c1ccc(C(N)Cc2cccc(F)c2Br)cc1. The highest BCUT2D eigenvalue weighted by atomic mass is 79.9. The highest BCUT2D eigenvalue weighted by molar-refractivity contribution is 9.10. The van der Waals surface area contributed by atoms with Crippen LogP contribution in [0, 0.1) is 5.82 Å². The highest BCUT2D eigenvalue weighted by Crippen LogP contribution is 2.25. The first-order valence-corrected chi connectivity index (χ1v) is 7.24. The van der Waals surface area contributed by atoms with Crippen molar-refractivity contribution < 1.29 is 4.39 Å². The minimum Gasteiger partial charge on any atom is -0.378 e. The molecule has 2 nitrogen and oxygen atoms in total. The number of halogens is 2. The van der Waals surface area contributed by atoms with Crippen molar-refractivity contribution in [1.82, 2.24) is 0 Å². The van der Waals surface area contributed by atoms with Crippen LogP contribution in [0.5, 0.6) is 0 Å². The van der Waals surface area contributed by atoms with Gasteiger partial charge in [0.25, 0.3) is 0 Å². The van der Waals surface area contributed by atoms with Crippen LogP contribution < -0.4 is 10.6 Å². The molecule has 0 aliphatic rings. The number of rotatable bonds is 4. The van der Waals surface area contributed by atoms with E-state index < -0.39 is 0 Å². The van der Waals surface area contributed by atoms with Crippen molar-refractivity contribution in [3.05, 3.63) is 63.9 Å². The molecule has 2 N–H and O–H groups in total. The smallest absolute Gasteiger partial charge is 0.137 e. The van der Waals surface area contributed by atoms with E-state index >= 15 is 0 Å². The molecule has 0 fully saturated rings. The van der Waals surface area contributed by atoms with E-state index in [2.05, 4.69) is 15.9 Å². The van der Waals surface area contributed by atoms with Gasteiger partial charge in [-0.2, -0.15) is 0 Å². The lowest BCUT2D eigenvalue weighted by Crippen LogP contribution is -2.14. The number of hydrogen-bond donors (Lipinski definition) is 1. The van der Waals surface area contributed by atoms with Crippen molar-refractivity contribution in [2.45, 2.75) is 12.5 Å². The second-order valence-electron chi connectivity index (χ2n) is 5.01. The Bertz CT molecular complexity index is 582. The van der Waals surface area contributed by atoms with Gasteiger partial charge in [0.1, 0.15) is 5.82 Å². The Labute approximate surface area is 127 Å². The molecule has 2 aromatic carbocycles. The van der Waals surface area contributed by atoms with Crippen molar-refractivity contribution in [3.8, 4) is 0 Å². The maximum atomic E-state index is 13.5. The molecule has 0 aromatic heterocycles. The molecular formula is C16H18BrFN2. The lowest BCUT2D eigenvalue weighted by Gasteiger charge is -2.16. The summed E-state index contributed by atoms with van der Waals surface area (Å²) in [5, 5.41) is 0. The third kappa shape index (κ3) is 3.38. The largest absolute Gasteiger partial charge is 0.378 e. The Morgan fingerprint density at radius 2 is 1.80 bits per heavy atom. The van der Waals surface area contributed by atoms with Gasteiger partial charge in [-0.25, -0.2) is 4.39 Å². The zero-order chi connectivity index (χ0) is 14.7. The second kappa shape index (κ2) is 6.37. The van der Waals surface area contributed by atoms with Gasteiger partial charge in [0.05, 0.1) is 4.47 Å². The molecule has 0 radical (unpaired) electrons. The Balaban J connectivity index is 2.15. The molecule has 0 saturated carbocycles. The summed E-state index contributed by atoms with van der Waals surface area (Å²) < 4.78 is 14.0. The predicted octanol–water partition coefficient (Wildman–Crippen LogP) is 3.90. The number of nitrogens with two attached hydrogens (primary N) is 1. The first-order chi connectivity index (χ1) is 9.49. The summed E-state index contributed by atoms with van der Waals surface area (Å²) in [4.78, 5) is 2.04. The molecule has 0 amide bonds. The zero-order valence-corrected chi connectivity index (χ0v) is 13.2. The minimum atomic E-state index is -0.252. The van der Waals surface area contributed by atoms with E-state index in [-0.39, 0.29) is 11.9 Å². The Kier molecular flexibility index (Phi) is 4.78. The predicted molar refractivity (Wildman–Crippen MR) is 85.5 cm³/mol. The molecule has 0 aliphatic heterocycles. The minimum absolute atomic E-state index is 0.149. The molecule has 0 bridgehead atoms. The van der Waals surface area contributed by atoms with Crippen molar-refractivity contribution >= 4 is 21.6 Å². The van der Waals surface area contributed by atoms with Crippen molar-refractivity contribution in [3.63, 3.8) is 0 Å². The van der Waals surface area contributed by atoms with Gasteiger partial charge in [0.15, 0.2) is 0 Å². The average molecular weight is 337 g/mol. The second-order valence-corrected chi connectivity index (χ2v) is 5.80. The lowest BCUT2D eigenvalue weighted by atomic mass is 9.99. The molecule has 106 valence electrons.